The van der Waals surface area contributed by atoms with E-state index in [0.29, 0.717) is 12.8 Å². The molecule has 0 aliphatic heterocycles. The zero-order valence-electron chi connectivity index (χ0n) is 13.9. The number of carbonyl (C=O) groups is 1. The number of hydrogen-bond acceptors (Lipinski definition) is 3. The monoisotopic (exact) mass is 333 g/mol. The second-order valence-corrected chi connectivity index (χ2v) is 6.14. The fraction of sp³-hybridized carbons (Fsp3) is 0.211. The summed E-state index contributed by atoms with van der Waals surface area (Å²) in [6.07, 6.45) is 5.01. The van der Waals surface area contributed by atoms with Crippen molar-refractivity contribution >= 4 is 22.5 Å². The third-order valence-electron chi connectivity index (χ3n) is 4.40. The summed E-state index contributed by atoms with van der Waals surface area (Å²) in [5, 5.41) is 12.5. The molecule has 6 nitrogen and oxygen atoms in total. The highest BCUT2D eigenvalue weighted by Crippen LogP contribution is 2.19. The van der Waals surface area contributed by atoms with E-state index in [9.17, 15) is 4.79 Å². The fourth-order valence-electron chi connectivity index (χ4n) is 3.12. The van der Waals surface area contributed by atoms with Crippen molar-refractivity contribution in [3.8, 4) is 0 Å². The first-order valence-electron chi connectivity index (χ1n) is 8.36. The Morgan fingerprint density at radius 1 is 1.20 bits per heavy atom. The van der Waals surface area contributed by atoms with Gasteiger partial charge >= 0.3 is 0 Å². The van der Waals surface area contributed by atoms with Crippen LogP contribution < -0.4 is 5.32 Å². The molecule has 0 saturated carbocycles. The summed E-state index contributed by atoms with van der Waals surface area (Å²) < 4.78 is 1.89. The molecule has 0 aliphatic rings. The van der Waals surface area contributed by atoms with Crippen LogP contribution in [0.5, 0.6) is 0 Å². The zero-order valence-corrected chi connectivity index (χ0v) is 13.9. The number of para-hydroxylation sites is 1. The number of carbonyl (C=O) groups excluding carboxylic acids is 1. The lowest BCUT2D eigenvalue weighted by Gasteiger charge is -2.12. The molecule has 2 N–H and O–H groups in total. The predicted molar refractivity (Wildman–Crippen MR) is 96.2 cm³/mol. The smallest absolute Gasteiger partial charge is 0.220 e. The molecule has 0 radical (unpaired) electrons. The van der Waals surface area contributed by atoms with Crippen LogP contribution in [0.15, 0.2) is 54.9 Å². The molecule has 6 heteroatoms. The van der Waals surface area contributed by atoms with Gasteiger partial charge in [0.15, 0.2) is 11.5 Å². The molecule has 1 atom stereocenters. The Bertz CT molecular complexity index is 1030. The van der Waals surface area contributed by atoms with Crippen LogP contribution in [0.3, 0.4) is 0 Å². The second kappa shape index (κ2) is 6.39. The van der Waals surface area contributed by atoms with Gasteiger partial charge in [0.05, 0.1) is 6.04 Å². The SMILES string of the molecule is CC(NC(=O)CCc1c[nH]c2ccccc12)c1nnc2ccccn12. The van der Waals surface area contributed by atoms with Gasteiger partial charge in [-0.3, -0.25) is 9.20 Å². The zero-order chi connectivity index (χ0) is 17.2. The number of aromatic amines is 1. The molecule has 4 aromatic rings. The summed E-state index contributed by atoms with van der Waals surface area (Å²) in [5.41, 5.74) is 3.03. The quantitative estimate of drug-likeness (QED) is 0.589. The first-order chi connectivity index (χ1) is 12.2. The van der Waals surface area contributed by atoms with Crippen molar-refractivity contribution in [3.63, 3.8) is 0 Å². The van der Waals surface area contributed by atoms with Crippen LogP contribution in [0.1, 0.15) is 30.8 Å². The number of nitrogens with zero attached hydrogens (tertiary/aromatic N) is 3. The number of benzene rings is 1. The van der Waals surface area contributed by atoms with Crippen molar-refractivity contribution in [2.45, 2.75) is 25.8 Å². The van der Waals surface area contributed by atoms with E-state index in [4.69, 9.17) is 0 Å². The van der Waals surface area contributed by atoms with Crippen molar-refractivity contribution < 1.29 is 4.79 Å². The van der Waals surface area contributed by atoms with Crippen molar-refractivity contribution in [2.75, 3.05) is 0 Å². The van der Waals surface area contributed by atoms with Crippen LogP contribution in [0.25, 0.3) is 16.6 Å². The van der Waals surface area contributed by atoms with E-state index >= 15 is 0 Å². The van der Waals surface area contributed by atoms with E-state index in [1.165, 1.54) is 5.39 Å². The van der Waals surface area contributed by atoms with Crippen molar-refractivity contribution in [2.24, 2.45) is 0 Å². The summed E-state index contributed by atoms with van der Waals surface area (Å²) in [6, 6.07) is 13.7. The highest BCUT2D eigenvalue weighted by Gasteiger charge is 2.16. The largest absolute Gasteiger partial charge is 0.361 e. The van der Waals surface area contributed by atoms with E-state index in [-0.39, 0.29) is 11.9 Å². The average Bonchev–Trinajstić information content (AvgIpc) is 3.24. The summed E-state index contributed by atoms with van der Waals surface area (Å²) >= 11 is 0. The first kappa shape index (κ1) is 15.4. The number of nitrogens with one attached hydrogen (secondary N) is 2. The number of amides is 1. The van der Waals surface area contributed by atoms with E-state index in [2.05, 4.69) is 26.6 Å². The molecule has 126 valence electrons. The van der Waals surface area contributed by atoms with Crippen LogP contribution in [0.4, 0.5) is 0 Å². The maximum absolute atomic E-state index is 12.3. The van der Waals surface area contributed by atoms with Gasteiger partial charge in [0.25, 0.3) is 0 Å². The summed E-state index contributed by atoms with van der Waals surface area (Å²) in [4.78, 5) is 15.6. The maximum Gasteiger partial charge on any atom is 0.220 e. The van der Waals surface area contributed by atoms with Gasteiger partial charge in [-0.1, -0.05) is 24.3 Å². The van der Waals surface area contributed by atoms with Gasteiger partial charge in [0, 0.05) is 29.7 Å². The Labute approximate surface area is 144 Å². The molecule has 25 heavy (non-hydrogen) atoms. The first-order valence-corrected chi connectivity index (χ1v) is 8.36. The Morgan fingerprint density at radius 2 is 2.04 bits per heavy atom. The van der Waals surface area contributed by atoms with Crippen molar-refractivity contribution in [1.29, 1.82) is 0 Å². The predicted octanol–water partition coefficient (Wildman–Crippen LogP) is 3.02. The van der Waals surface area contributed by atoms with Crippen molar-refractivity contribution in [3.05, 3.63) is 66.2 Å². The number of H-pyrrole nitrogens is 1. The molecule has 1 amide bonds. The third kappa shape index (κ3) is 2.98. The molecular formula is C19H19N5O. The minimum atomic E-state index is -0.201. The van der Waals surface area contributed by atoms with Crippen molar-refractivity contribution in [1.82, 2.24) is 24.9 Å². The summed E-state index contributed by atoms with van der Waals surface area (Å²) in [5.74, 6) is 0.738. The Balaban J connectivity index is 1.42. The fourth-order valence-corrected chi connectivity index (χ4v) is 3.12. The molecule has 0 spiro atoms. The number of pyridine rings is 1. The number of aryl methyl sites for hydroxylation is 1. The van der Waals surface area contributed by atoms with E-state index < -0.39 is 0 Å². The van der Waals surface area contributed by atoms with Crippen LogP contribution in [0.2, 0.25) is 0 Å². The maximum atomic E-state index is 12.3. The summed E-state index contributed by atoms with van der Waals surface area (Å²) in [7, 11) is 0. The molecule has 4 rings (SSSR count). The van der Waals surface area contributed by atoms with E-state index in [1.807, 2.05) is 60.1 Å². The Hall–Kier alpha value is -3.15. The standard InChI is InChI=1S/C19H19N5O/c1-13(19-23-22-17-8-4-5-11-24(17)19)21-18(25)10-9-14-12-20-16-7-3-2-6-15(14)16/h2-8,11-13,20H,9-10H2,1H3,(H,21,25). The average molecular weight is 333 g/mol. The van der Waals surface area contributed by atoms with Gasteiger partial charge in [-0.25, -0.2) is 0 Å². The highest BCUT2D eigenvalue weighted by atomic mass is 16.1. The molecule has 3 aromatic heterocycles. The molecule has 0 saturated heterocycles. The minimum absolute atomic E-state index is 0.00506. The normalized spacial score (nSPS) is 12.5. The molecule has 0 fully saturated rings. The molecule has 0 aliphatic carbocycles. The number of aromatic nitrogens is 4. The molecule has 3 heterocycles. The Morgan fingerprint density at radius 3 is 2.96 bits per heavy atom. The van der Waals surface area contributed by atoms with Gasteiger partial charge in [-0.2, -0.15) is 0 Å². The van der Waals surface area contributed by atoms with Gasteiger partial charge in [-0.15, -0.1) is 10.2 Å². The van der Waals surface area contributed by atoms with Crippen LogP contribution in [-0.2, 0) is 11.2 Å². The third-order valence-corrected chi connectivity index (χ3v) is 4.40. The molecular weight excluding hydrogens is 314 g/mol. The lowest BCUT2D eigenvalue weighted by Crippen LogP contribution is -2.28. The molecule has 0 bridgehead atoms. The minimum Gasteiger partial charge on any atom is -0.361 e. The van der Waals surface area contributed by atoms with Gasteiger partial charge in [0.2, 0.25) is 5.91 Å². The van der Waals surface area contributed by atoms with Crippen LogP contribution >= 0.6 is 0 Å². The lowest BCUT2D eigenvalue weighted by molar-refractivity contribution is -0.121. The van der Waals surface area contributed by atoms with Gasteiger partial charge < -0.3 is 10.3 Å². The lowest BCUT2D eigenvalue weighted by atomic mass is 10.1. The molecule has 1 unspecified atom stereocenters. The van der Waals surface area contributed by atoms with Crippen LogP contribution in [-0.4, -0.2) is 25.5 Å². The van der Waals surface area contributed by atoms with Crippen LogP contribution in [0, 0.1) is 0 Å². The van der Waals surface area contributed by atoms with E-state index in [0.717, 1.165) is 22.6 Å². The number of hydrogen-bond donors (Lipinski definition) is 2. The van der Waals surface area contributed by atoms with Gasteiger partial charge in [-0.05, 0) is 37.1 Å². The topological polar surface area (TPSA) is 75.1 Å². The van der Waals surface area contributed by atoms with E-state index in [1.54, 1.807) is 0 Å². The Kier molecular flexibility index (Phi) is 3.93. The highest BCUT2D eigenvalue weighted by molar-refractivity contribution is 5.84. The summed E-state index contributed by atoms with van der Waals surface area (Å²) in [6.45, 7) is 1.92. The number of fused-ring (bicyclic) bond motifs is 2. The second-order valence-electron chi connectivity index (χ2n) is 6.14. The van der Waals surface area contributed by atoms with Gasteiger partial charge in [0.1, 0.15) is 0 Å². The number of rotatable bonds is 5. The molecule has 1 aromatic carbocycles.